The lowest BCUT2D eigenvalue weighted by molar-refractivity contribution is 0.578. The van der Waals surface area contributed by atoms with E-state index in [1.165, 1.54) is 24.9 Å². The summed E-state index contributed by atoms with van der Waals surface area (Å²) in [5.41, 5.74) is 4.97. The topological polar surface area (TPSA) is 58.4 Å². The van der Waals surface area contributed by atoms with Gasteiger partial charge in [-0.15, -0.1) is 10.2 Å². The summed E-state index contributed by atoms with van der Waals surface area (Å²) in [6, 6.07) is 16.5. The number of nitrogens with zero attached hydrogens (tertiary/aromatic N) is 5. The third-order valence-electron chi connectivity index (χ3n) is 5.25. The van der Waals surface area contributed by atoms with Crippen LogP contribution < -0.4 is 10.2 Å². The first-order valence-electron chi connectivity index (χ1n) is 9.53. The Morgan fingerprint density at radius 3 is 2.56 bits per heavy atom. The van der Waals surface area contributed by atoms with Crippen molar-refractivity contribution in [2.45, 2.75) is 26.2 Å². The fourth-order valence-corrected chi connectivity index (χ4v) is 3.92. The summed E-state index contributed by atoms with van der Waals surface area (Å²) in [6.07, 6.45) is 3.81. The number of fused-ring (bicyclic) bond motifs is 3. The van der Waals surface area contributed by atoms with Gasteiger partial charge in [0.05, 0.1) is 22.4 Å². The van der Waals surface area contributed by atoms with Crippen molar-refractivity contribution < 1.29 is 0 Å². The fourth-order valence-electron chi connectivity index (χ4n) is 3.92. The summed E-state index contributed by atoms with van der Waals surface area (Å²) in [4.78, 5) is 7.30. The number of hydrogen-bond donors (Lipinski definition) is 1. The van der Waals surface area contributed by atoms with Crippen LogP contribution in [0.4, 0.5) is 17.2 Å². The summed E-state index contributed by atoms with van der Waals surface area (Å²) < 4.78 is 2.06. The second-order valence-electron chi connectivity index (χ2n) is 7.05. The normalized spacial score (nSPS) is 14.8. The minimum atomic E-state index is 0.735. The second-order valence-corrected chi connectivity index (χ2v) is 7.05. The molecule has 4 aromatic rings. The maximum absolute atomic E-state index is 4.85. The van der Waals surface area contributed by atoms with E-state index in [4.69, 9.17) is 4.98 Å². The Balaban J connectivity index is 1.63. The number of hydrogen-bond acceptors (Lipinski definition) is 5. The molecule has 6 heteroatoms. The molecule has 27 heavy (non-hydrogen) atoms. The van der Waals surface area contributed by atoms with Crippen LogP contribution in [0.3, 0.4) is 0 Å². The molecule has 0 aliphatic carbocycles. The van der Waals surface area contributed by atoms with E-state index in [0.29, 0.717) is 0 Å². The first-order valence-corrected chi connectivity index (χ1v) is 9.53. The smallest absolute Gasteiger partial charge is 0.204 e. The van der Waals surface area contributed by atoms with Crippen LogP contribution in [0, 0.1) is 6.92 Å². The zero-order valence-electron chi connectivity index (χ0n) is 15.4. The zero-order valence-corrected chi connectivity index (χ0v) is 15.4. The average molecular weight is 358 g/mol. The van der Waals surface area contributed by atoms with Crippen LogP contribution in [0.1, 0.15) is 25.1 Å². The second kappa shape index (κ2) is 6.54. The number of rotatable bonds is 3. The van der Waals surface area contributed by atoms with E-state index in [9.17, 15) is 0 Å². The van der Waals surface area contributed by atoms with Gasteiger partial charge in [-0.05, 0) is 50.5 Å². The van der Waals surface area contributed by atoms with Gasteiger partial charge in [0.1, 0.15) is 5.82 Å². The molecule has 0 bridgehead atoms. The molecule has 5 rings (SSSR count). The highest BCUT2D eigenvalue weighted by Crippen LogP contribution is 2.32. The van der Waals surface area contributed by atoms with Crippen molar-refractivity contribution in [1.82, 2.24) is 19.6 Å². The Morgan fingerprint density at radius 2 is 1.67 bits per heavy atom. The van der Waals surface area contributed by atoms with Crippen molar-refractivity contribution in [3.05, 3.63) is 54.4 Å². The van der Waals surface area contributed by atoms with E-state index in [1.807, 2.05) is 25.1 Å². The fraction of sp³-hybridized carbons (Fsp3) is 0.286. The molecule has 1 aliphatic heterocycles. The quantitative estimate of drug-likeness (QED) is 0.591. The van der Waals surface area contributed by atoms with Crippen molar-refractivity contribution in [2.75, 3.05) is 23.3 Å². The van der Waals surface area contributed by atoms with E-state index >= 15 is 0 Å². The number of anilines is 3. The number of piperidine rings is 1. The van der Waals surface area contributed by atoms with Crippen molar-refractivity contribution in [3.8, 4) is 0 Å². The predicted molar refractivity (Wildman–Crippen MR) is 109 cm³/mol. The summed E-state index contributed by atoms with van der Waals surface area (Å²) in [5.74, 6) is 1.59. The molecule has 0 amide bonds. The van der Waals surface area contributed by atoms with Crippen LogP contribution in [0.25, 0.3) is 16.7 Å². The van der Waals surface area contributed by atoms with Gasteiger partial charge >= 0.3 is 0 Å². The molecule has 136 valence electrons. The molecule has 6 nitrogen and oxygen atoms in total. The summed E-state index contributed by atoms with van der Waals surface area (Å²) in [5, 5.41) is 12.2. The van der Waals surface area contributed by atoms with E-state index < -0.39 is 0 Å². The molecule has 0 unspecified atom stereocenters. The van der Waals surface area contributed by atoms with E-state index in [-0.39, 0.29) is 0 Å². The van der Waals surface area contributed by atoms with Crippen LogP contribution in [-0.4, -0.2) is 32.7 Å². The van der Waals surface area contributed by atoms with Gasteiger partial charge in [-0.25, -0.2) is 4.98 Å². The monoisotopic (exact) mass is 358 g/mol. The number of aromatic nitrogens is 4. The molecule has 2 aromatic heterocycles. The van der Waals surface area contributed by atoms with E-state index in [0.717, 1.165) is 47.1 Å². The molecule has 0 atom stereocenters. The molecular weight excluding hydrogens is 336 g/mol. The molecule has 2 aromatic carbocycles. The van der Waals surface area contributed by atoms with Gasteiger partial charge in [0.2, 0.25) is 5.65 Å². The van der Waals surface area contributed by atoms with Gasteiger partial charge in [-0.1, -0.05) is 24.3 Å². The van der Waals surface area contributed by atoms with Crippen LogP contribution >= 0.6 is 0 Å². The number of para-hydroxylation sites is 4. The highest BCUT2D eigenvalue weighted by atomic mass is 15.3. The van der Waals surface area contributed by atoms with Gasteiger partial charge in [-0.3, -0.25) is 4.40 Å². The maximum atomic E-state index is 4.85. The number of aryl methyl sites for hydroxylation is 1. The van der Waals surface area contributed by atoms with Crippen LogP contribution in [-0.2, 0) is 0 Å². The molecule has 3 heterocycles. The largest absolute Gasteiger partial charge is 0.370 e. The average Bonchev–Trinajstić information content (AvgIpc) is 3.12. The number of nitrogens with one attached hydrogen (secondary N) is 1. The van der Waals surface area contributed by atoms with Crippen LogP contribution in [0.2, 0.25) is 0 Å². The summed E-state index contributed by atoms with van der Waals surface area (Å²) in [7, 11) is 0. The minimum absolute atomic E-state index is 0.735. The molecule has 0 radical (unpaired) electrons. The highest BCUT2D eigenvalue weighted by molar-refractivity contribution is 5.86. The summed E-state index contributed by atoms with van der Waals surface area (Å²) >= 11 is 0. The van der Waals surface area contributed by atoms with Gasteiger partial charge in [0.15, 0.2) is 5.82 Å². The van der Waals surface area contributed by atoms with Gasteiger partial charge < -0.3 is 10.2 Å². The van der Waals surface area contributed by atoms with Gasteiger partial charge in [0, 0.05) is 13.1 Å². The Morgan fingerprint density at radius 1 is 0.889 bits per heavy atom. The molecule has 1 fully saturated rings. The summed E-state index contributed by atoms with van der Waals surface area (Å²) in [6.45, 7) is 4.17. The third kappa shape index (κ3) is 2.77. The first kappa shape index (κ1) is 16.1. The molecule has 0 spiro atoms. The van der Waals surface area contributed by atoms with E-state index in [2.05, 4.69) is 55.1 Å². The Bertz CT molecular complexity index is 1110. The van der Waals surface area contributed by atoms with Crippen molar-refractivity contribution in [2.24, 2.45) is 0 Å². The molecule has 1 aliphatic rings. The Labute approximate surface area is 157 Å². The number of benzene rings is 2. The van der Waals surface area contributed by atoms with Gasteiger partial charge in [-0.2, -0.15) is 0 Å². The van der Waals surface area contributed by atoms with Gasteiger partial charge in [0.25, 0.3) is 0 Å². The Kier molecular flexibility index (Phi) is 3.89. The maximum Gasteiger partial charge on any atom is 0.204 e. The molecule has 1 N–H and O–H groups in total. The molecular formula is C21H22N6. The van der Waals surface area contributed by atoms with Crippen molar-refractivity contribution >= 4 is 33.9 Å². The molecule has 0 saturated carbocycles. The van der Waals surface area contributed by atoms with E-state index in [1.54, 1.807) is 0 Å². The van der Waals surface area contributed by atoms with Crippen molar-refractivity contribution in [1.29, 1.82) is 0 Å². The SMILES string of the molecule is Cc1nnc2c(Nc3ccccc3N3CCCCC3)nc3ccccc3n12. The zero-order chi connectivity index (χ0) is 18.2. The first-order chi connectivity index (χ1) is 13.3. The standard InChI is InChI=1S/C21H22N6/c1-15-24-25-21-20(23-17-10-4-6-12-19(17)27(15)21)22-16-9-3-5-11-18(16)26-13-7-2-8-14-26/h3-6,9-12H,2,7-8,13-14H2,1H3,(H,22,23). The lowest BCUT2D eigenvalue weighted by Crippen LogP contribution is -2.29. The molecule has 1 saturated heterocycles. The lowest BCUT2D eigenvalue weighted by atomic mass is 10.1. The van der Waals surface area contributed by atoms with Crippen LogP contribution in [0.5, 0.6) is 0 Å². The predicted octanol–water partition coefficient (Wildman–Crippen LogP) is 4.32. The van der Waals surface area contributed by atoms with Crippen LogP contribution in [0.15, 0.2) is 48.5 Å². The lowest BCUT2D eigenvalue weighted by Gasteiger charge is -2.30. The van der Waals surface area contributed by atoms with Crippen molar-refractivity contribution in [3.63, 3.8) is 0 Å². The Hall–Kier alpha value is -3.15. The highest BCUT2D eigenvalue weighted by Gasteiger charge is 2.17. The third-order valence-corrected chi connectivity index (χ3v) is 5.25. The minimum Gasteiger partial charge on any atom is -0.370 e.